The molecule has 2 heterocycles. The smallest absolute Gasteiger partial charge is 0.262 e. The normalized spacial score (nSPS) is 13.8. The van der Waals surface area contributed by atoms with E-state index in [1.165, 1.54) is 29.5 Å². The van der Waals surface area contributed by atoms with Crippen LogP contribution in [0.3, 0.4) is 0 Å². The van der Waals surface area contributed by atoms with Crippen LogP contribution in [0.25, 0.3) is 21.8 Å². The molecule has 5 nitrogen and oxygen atoms in total. The Morgan fingerprint density at radius 2 is 1.87 bits per heavy atom. The Bertz CT molecular complexity index is 1250. The van der Waals surface area contributed by atoms with Crippen molar-refractivity contribution in [3.63, 3.8) is 0 Å². The molecule has 2 N–H and O–H groups in total. The lowest BCUT2D eigenvalue weighted by Crippen LogP contribution is -2.24. The van der Waals surface area contributed by atoms with Crippen LogP contribution in [-0.2, 0) is 25.9 Å². The van der Waals surface area contributed by atoms with Crippen LogP contribution in [0.1, 0.15) is 41.6 Å². The van der Waals surface area contributed by atoms with Gasteiger partial charge in [-0.1, -0.05) is 30.3 Å². The predicted molar refractivity (Wildman–Crippen MR) is 122 cm³/mol. The Morgan fingerprint density at radius 3 is 2.67 bits per heavy atom. The quantitative estimate of drug-likeness (QED) is 0.476. The Labute approximate surface area is 176 Å². The SMILES string of the molecule is Cc1[nH]nc2c1c(=O)n(CCCNCc1ccccc1)c1cc3c(cc21)CCCC3. The van der Waals surface area contributed by atoms with Gasteiger partial charge in [0.1, 0.15) is 5.52 Å². The van der Waals surface area contributed by atoms with Crippen molar-refractivity contribution in [2.24, 2.45) is 0 Å². The van der Waals surface area contributed by atoms with Gasteiger partial charge >= 0.3 is 0 Å². The molecule has 0 unspecified atom stereocenters. The molecule has 0 fully saturated rings. The third-order valence-electron chi connectivity index (χ3n) is 6.32. The van der Waals surface area contributed by atoms with Crippen molar-refractivity contribution in [1.82, 2.24) is 20.1 Å². The maximum absolute atomic E-state index is 13.4. The van der Waals surface area contributed by atoms with Gasteiger partial charge in [-0.3, -0.25) is 9.89 Å². The molecule has 0 bridgehead atoms. The number of aryl methyl sites for hydroxylation is 4. The van der Waals surface area contributed by atoms with Crippen molar-refractivity contribution in [2.75, 3.05) is 6.54 Å². The van der Waals surface area contributed by atoms with E-state index in [9.17, 15) is 4.79 Å². The zero-order valence-electron chi connectivity index (χ0n) is 17.5. The van der Waals surface area contributed by atoms with Crippen molar-refractivity contribution in [3.05, 3.63) is 75.2 Å². The number of pyridine rings is 1. The number of H-pyrrole nitrogens is 1. The molecule has 0 amide bonds. The first kappa shape index (κ1) is 19.1. The molecular formula is C25H28N4O. The number of fused-ring (bicyclic) bond motifs is 4. The van der Waals surface area contributed by atoms with Crippen LogP contribution in [0.15, 0.2) is 47.3 Å². The van der Waals surface area contributed by atoms with Gasteiger partial charge < -0.3 is 9.88 Å². The van der Waals surface area contributed by atoms with Crippen LogP contribution in [0, 0.1) is 6.92 Å². The number of aromatic nitrogens is 3. The lowest BCUT2D eigenvalue weighted by Gasteiger charge is -2.19. The number of benzene rings is 2. The molecule has 0 radical (unpaired) electrons. The summed E-state index contributed by atoms with van der Waals surface area (Å²) in [5, 5.41) is 12.9. The highest BCUT2D eigenvalue weighted by Crippen LogP contribution is 2.30. The first-order valence-electron chi connectivity index (χ1n) is 11.0. The molecule has 5 rings (SSSR count). The summed E-state index contributed by atoms with van der Waals surface area (Å²) in [6.45, 7) is 4.36. The molecular weight excluding hydrogens is 372 g/mol. The lowest BCUT2D eigenvalue weighted by atomic mass is 9.90. The van der Waals surface area contributed by atoms with Gasteiger partial charge in [0.05, 0.1) is 10.9 Å². The molecule has 5 heteroatoms. The van der Waals surface area contributed by atoms with Crippen molar-refractivity contribution in [1.29, 1.82) is 0 Å². The molecule has 0 saturated heterocycles. The molecule has 1 aliphatic carbocycles. The highest BCUT2D eigenvalue weighted by atomic mass is 16.1. The van der Waals surface area contributed by atoms with Crippen LogP contribution in [0.4, 0.5) is 0 Å². The summed E-state index contributed by atoms with van der Waals surface area (Å²) in [6.07, 6.45) is 5.61. The predicted octanol–water partition coefficient (Wildman–Crippen LogP) is 4.24. The second-order valence-electron chi connectivity index (χ2n) is 8.39. The molecule has 154 valence electrons. The van der Waals surface area contributed by atoms with Gasteiger partial charge in [0, 0.05) is 24.2 Å². The van der Waals surface area contributed by atoms with Crippen LogP contribution in [-0.4, -0.2) is 21.3 Å². The summed E-state index contributed by atoms with van der Waals surface area (Å²) in [7, 11) is 0. The van der Waals surface area contributed by atoms with E-state index in [4.69, 9.17) is 0 Å². The molecule has 4 aromatic rings. The molecule has 0 spiro atoms. The Hall–Kier alpha value is -2.92. The fraction of sp³-hybridized carbons (Fsp3) is 0.360. The topological polar surface area (TPSA) is 62.7 Å². The van der Waals surface area contributed by atoms with Gasteiger partial charge in [0.2, 0.25) is 0 Å². The first-order chi connectivity index (χ1) is 14.7. The van der Waals surface area contributed by atoms with E-state index in [-0.39, 0.29) is 5.56 Å². The molecule has 0 atom stereocenters. The van der Waals surface area contributed by atoms with Gasteiger partial charge in [-0.15, -0.1) is 0 Å². The number of hydrogen-bond acceptors (Lipinski definition) is 3. The monoisotopic (exact) mass is 400 g/mol. The van der Waals surface area contributed by atoms with E-state index in [2.05, 4.69) is 51.9 Å². The fourth-order valence-corrected chi connectivity index (χ4v) is 4.73. The molecule has 2 aromatic carbocycles. The zero-order valence-corrected chi connectivity index (χ0v) is 17.5. The first-order valence-corrected chi connectivity index (χ1v) is 11.0. The van der Waals surface area contributed by atoms with E-state index in [1.807, 2.05) is 17.6 Å². The summed E-state index contributed by atoms with van der Waals surface area (Å²) in [5.74, 6) is 0. The number of hydrogen-bond donors (Lipinski definition) is 2. The number of nitrogens with one attached hydrogen (secondary N) is 2. The van der Waals surface area contributed by atoms with Crippen LogP contribution >= 0.6 is 0 Å². The number of nitrogens with zero attached hydrogens (tertiary/aromatic N) is 2. The Balaban J connectivity index is 1.46. The lowest BCUT2D eigenvalue weighted by molar-refractivity contribution is 0.582. The van der Waals surface area contributed by atoms with Crippen molar-refractivity contribution in [3.8, 4) is 0 Å². The minimum atomic E-state index is 0.0718. The van der Waals surface area contributed by atoms with Crippen molar-refractivity contribution < 1.29 is 0 Å². The maximum Gasteiger partial charge on any atom is 0.262 e. The Morgan fingerprint density at radius 1 is 1.10 bits per heavy atom. The third kappa shape index (κ3) is 3.43. The van der Waals surface area contributed by atoms with E-state index in [0.29, 0.717) is 6.54 Å². The zero-order chi connectivity index (χ0) is 20.5. The van der Waals surface area contributed by atoms with Crippen LogP contribution in [0.5, 0.6) is 0 Å². The van der Waals surface area contributed by atoms with Crippen LogP contribution < -0.4 is 10.9 Å². The third-order valence-corrected chi connectivity index (χ3v) is 6.32. The largest absolute Gasteiger partial charge is 0.313 e. The van der Waals surface area contributed by atoms with Crippen LogP contribution in [0.2, 0.25) is 0 Å². The number of rotatable bonds is 6. The van der Waals surface area contributed by atoms with E-state index < -0.39 is 0 Å². The minimum Gasteiger partial charge on any atom is -0.313 e. The van der Waals surface area contributed by atoms with Gasteiger partial charge in [0.25, 0.3) is 5.56 Å². The van der Waals surface area contributed by atoms with Gasteiger partial charge in [-0.25, -0.2) is 0 Å². The standard InChI is InChI=1S/C25H28N4O/c1-17-23-24(28-27-17)21-14-19-10-5-6-11-20(19)15-22(21)29(25(23)30)13-7-12-26-16-18-8-3-2-4-9-18/h2-4,8-9,14-15,26H,5-7,10-13,16H2,1H3,(H,27,28). The highest BCUT2D eigenvalue weighted by molar-refractivity contribution is 6.04. The molecule has 0 saturated carbocycles. The molecule has 2 aromatic heterocycles. The molecule has 1 aliphatic rings. The molecule has 0 aliphatic heterocycles. The second kappa shape index (κ2) is 8.07. The average Bonchev–Trinajstić information content (AvgIpc) is 3.17. The van der Waals surface area contributed by atoms with Crippen molar-refractivity contribution in [2.45, 2.75) is 52.1 Å². The second-order valence-corrected chi connectivity index (χ2v) is 8.39. The van der Waals surface area contributed by atoms with E-state index in [1.54, 1.807) is 0 Å². The maximum atomic E-state index is 13.4. The summed E-state index contributed by atoms with van der Waals surface area (Å²) in [6, 6.07) is 15.0. The fourth-order valence-electron chi connectivity index (χ4n) is 4.73. The van der Waals surface area contributed by atoms with Gasteiger partial charge in [-0.05, 0) is 74.4 Å². The van der Waals surface area contributed by atoms with Gasteiger partial charge in [0.15, 0.2) is 0 Å². The Kier molecular flexibility index (Phi) is 5.13. The summed E-state index contributed by atoms with van der Waals surface area (Å²) < 4.78 is 1.97. The summed E-state index contributed by atoms with van der Waals surface area (Å²) >= 11 is 0. The number of aromatic amines is 1. The summed E-state index contributed by atoms with van der Waals surface area (Å²) in [5.41, 5.74) is 6.87. The van der Waals surface area contributed by atoms with E-state index >= 15 is 0 Å². The van der Waals surface area contributed by atoms with Crippen molar-refractivity contribution >= 4 is 21.8 Å². The van der Waals surface area contributed by atoms with E-state index in [0.717, 1.165) is 59.9 Å². The van der Waals surface area contributed by atoms with Gasteiger partial charge in [-0.2, -0.15) is 5.10 Å². The highest BCUT2D eigenvalue weighted by Gasteiger charge is 2.18. The molecule has 30 heavy (non-hydrogen) atoms. The average molecular weight is 401 g/mol. The minimum absolute atomic E-state index is 0.0718. The summed E-state index contributed by atoms with van der Waals surface area (Å²) in [4.78, 5) is 13.4.